The van der Waals surface area contributed by atoms with Crippen LogP contribution in [0.5, 0.6) is 0 Å². The molecule has 2 aliphatic rings. The van der Waals surface area contributed by atoms with Gasteiger partial charge in [0.1, 0.15) is 0 Å². The molecule has 1 amide bonds. The fourth-order valence-electron chi connectivity index (χ4n) is 2.18. The molecule has 0 unspecified atom stereocenters. The summed E-state index contributed by atoms with van der Waals surface area (Å²) in [6.07, 6.45) is 1.95. The average Bonchev–Trinajstić information content (AvgIpc) is 2.47. The molecule has 0 aromatic heterocycles. The summed E-state index contributed by atoms with van der Waals surface area (Å²) in [6.45, 7) is 2.53. The summed E-state index contributed by atoms with van der Waals surface area (Å²) in [5.41, 5.74) is 0. The zero-order chi connectivity index (χ0) is 9.26. The fraction of sp³-hybridized carbons (Fsp3) is 0.889. The van der Waals surface area contributed by atoms with E-state index in [4.69, 9.17) is 0 Å². The van der Waals surface area contributed by atoms with Crippen LogP contribution in [0.25, 0.3) is 0 Å². The highest BCUT2D eigenvalue weighted by Crippen LogP contribution is 2.19. The Labute approximate surface area is 90.1 Å². The van der Waals surface area contributed by atoms with E-state index in [1.807, 2.05) is 4.90 Å². The molecule has 0 bridgehead atoms. The molecule has 4 nitrogen and oxygen atoms in total. The predicted molar refractivity (Wildman–Crippen MR) is 55.5 cm³/mol. The number of nitrogens with zero attached hydrogens (tertiary/aromatic N) is 1. The Morgan fingerprint density at radius 1 is 1.36 bits per heavy atom. The zero-order valence-electron chi connectivity index (χ0n) is 8.11. The Bertz CT molecular complexity index is 207. The topological polar surface area (TPSA) is 52.6 Å². The SMILES string of the molecule is Cl.O=C1C[C@@H](O)CN1C1CCNCC1. The monoisotopic (exact) mass is 220 g/mol. The molecule has 2 N–H and O–H groups in total. The molecule has 1 atom stereocenters. The van der Waals surface area contributed by atoms with Crippen molar-refractivity contribution in [3.8, 4) is 0 Å². The smallest absolute Gasteiger partial charge is 0.225 e. The van der Waals surface area contributed by atoms with Gasteiger partial charge in [-0.25, -0.2) is 0 Å². The Balaban J connectivity index is 0.000000980. The first kappa shape index (κ1) is 11.8. The van der Waals surface area contributed by atoms with Gasteiger partial charge in [-0.15, -0.1) is 12.4 Å². The minimum absolute atomic E-state index is 0. The second kappa shape index (κ2) is 4.96. The van der Waals surface area contributed by atoms with Gasteiger partial charge in [0.2, 0.25) is 5.91 Å². The Morgan fingerprint density at radius 2 is 2.00 bits per heavy atom. The van der Waals surface area contributed by atoms with Crippen molar-refractivity contribution in [3.63, 3.8) is 0 Å². The van der Waals surface area contributed by atoms with Crippen molar-refractivity contribution in [3.05, 3.63) is 0 Å². The number of rotatable bonds is 1. The lowest BCUT2D eigenvalue weighted by Crippen LogP contribution is -2.44. The summed E-state index contributed by atoms with van der Waals surface area (Å²) >= 11 is 0. The first-order valence-corrected chi connectivity index (χ1v) is 4.95. The minimum Gasteiger partial charge on any atom is -0.391 e. The van der Waals surface area contributed by atoms with Crippen LogP contribution in [-0.2, 0) is 4.79 Å². The number of hydrogen-bond acceptors (Lipinski definition) is 3. The van der Waals surface area contributed by atoms with Crippen LogP contribution in [0.3, 0.4) is 0 Å². The minimum atomic E-state index is -0.428. The number of hydrogen-bond donors (Lipinski definition) is 2. The van der Waals surface area contributed by atoms with Gasteiger partial charge in [0.25, 0.3) is 0 Å². The zero-order valence-corrected chi connectivity index (χ0v) is 8.92. The number of aliphatic hydroxyl groups is 1. The second-order valence-corrected chi connectivity index (χ2v) is 3.89. The van der Waals surface area contributed by atoms with Gasteiger partial charge in [-0.1, -0.05) is 0 Å². The molecule has 0 saturated carbocycles. The van der Waals surface area contributed by atoms with Gasteiger partial charge >= 0.3 is 0 Å². The van der Waals surface area contributed by atoms with Gasteiger partial charge in [0, 0.05) is 12.6 Å². The molecule has 0 aromatic carbocycles. The van der Waals surface area contributed by atoms with Crippen molar-refractivity contribution in [2.24, 2.45) is 0 Å². The molecule has 0 spiro atoms. The van der Waals surface area contributed by atoms with Crippen LogP contribution in [0.2, 0.25) is 0 Å². The van der Waals surface area contributed by atoms with E-state index in [2.05, 4.69) is 5.32 Å². The average molecular weight is 221 g/mol. The molecule has 14 heavy (non-hydrogen) atoms. The number of β-amino-alcohol motifs (C(OH)–C–C–N with tert-alkyl or cyclic N) is 1. The van der Waals surface area contributed by atoms with Crippen molar-refractivity contribution in [2.45, 2.75) is 31.4 Å². The normalized spacial score (nSPS) is 29.1. The molecule has 0 radical (unpaired) electrons. The van der Waals surface area contributed by atoms with Crippen LogP contribution < -0.4 is 5.32 Å². The number of piperidine rings is 1. The molecule has 0 aliphatic carbocycles. The lowest BCUT2D eigenvalue weighted by atomic mass is 10.1. The maximum absolute atomic E-state index is 11.4. The number of aliphatic hydroxyl groups excluding tert-OH is 1. The largest absolute Gasteiger partial charge is 0.391 e. The lowest BCUT2D eigenvalue weighted by Gasteiger charge is -2.31. The van der Waals surface area contributed by atoms with E-state index in [-0.39, 0.29) is 18.3 Å². The quantitative estimate of drug-likeness (QED) is 0.641. The molecule has 5 heteroatoms. The number of halogens is 1. The van der Waals surface area contributed by atoms with Crippen LogP contribution in [-0.4, -0.2) is 47.7 Å². The number of carbonyl (C=O) groups is 1. The molecule has 2 rings (SSSR count). The maximum Gasteiger partial charge on any atom is 0.225 e. The van der Waals surface area contributed by atoms with Crippen LogP contribution in [0.1, 0.15) is 19.3 Å². The summed E-state index contributed by atoms with van der Waals surface area (Å²) in [5, 5.41) is 12.6. The Kier molecular flexibility index (Phi) is 4.16. The standard InChI is InChI=1S/C9H16N2O2.ClH/c12-8-5-9(13)11(6-8)7-1-3-10-4-2-7;/h7-8,10,12H,1-6H2;1H/t8-;/m1./s1. The number of carbonyl (C=O) groups excluding carboxylic acids is 1. The van der Waals surface area contributed by atoms with Crippen molar-refractivity contribution in [1.29, 1.82) is 0 Å². The highest BCUT2D eigenvalue weighted by Gasteiger charge is 2.33. The predicted octanol–water partition coefficient (Wildman–Crippen LogP) is -0.247. The summed E-state index contributed by atoms with van der Waals surface area (Å²) < 4.78 is 0. The highest BCUT2D eigenvalue weighted by molar-refractivity contribution is 5.85. The van der Waals surface area contributed by atoms with Gasteiger partial charge in [-0.3, -0.25) is 4.79 Å². The molecular formula is C9H17ClN2O2. The van der Waals surface area contributed by atoms with Gasteiger partial charge in [-0.05, 0) is 25.9 Å². The van der Waals surface area contributed by atoms with Crippen LogP contribution in [0, 0.1) is 0 Å². The third-order valence-electron chi connectivity index (χ3n) is 2.89. The Hall–Kier alpha value is -0.320. The van der Waals surface area contributed by atoms with Crippen molar-refractivity contribution in [1.82, 2.24) is 10.2 Å². The van der Waals surface area contributed by atoms with Gasteiger partial charge < -0.3 is 15.3 Å². The van der Waals surface area contributed by atoms with Crippen molar-refractivity contribution >= 4 is 18.3 Å². The molecule has 2 heterocycles. The van der Waals surface area contributed by atoms with E-state index < -0.39 is 6.10 Å². The van der Waals surface area contributed by atoms with Crippen LogP contribution >= 0.6 is 12.4 Å². The molecular weight excluding hydrogens is 204 g/mol. The third-order valence-corrected chi connectivity index (χ3v) is 2.89. The van der Waals surface area contributed by atoms with Crippen LogP contribution in [0.15, 0.2) is 0 Å². The lowest BCUT2D eigenvalue weighted by molar-refractivity contribution is -0.130. The molecule has 2 fully saturated rings. The number of likely N-dealkylation sites (tertiary alicyclic amines) is 1. The maximum atomic E-state index is 11.4. The van der Waals surface area contributed by atoms with Crippen LogP contribution in [0.4, 0.5) is 0 Å². The Morgan fingerprint density at radius 3 is 2.50 bits per heavy atom. The first-order chi connectivity index (χ1) is 6.27. The summed E-state index contributed by atoms with van der Waals surface area (Å²) in [6, 6.07) is 0.367. The molecule has 0 aromatic rings. The van der Waals surface area contributed by atoms with E-state index in [1.54, 1.807) is 0 Å². The molecule has 2 aliphatic heterocycles. The number of amides is 1. The van der Waals surface area contributed by atoms with E-state index in [9.17, 15) is 9.90 Å². The first-order valence-electron chi connectivity index (χ1n) is 4.95. The second-order valence-electron chi connectivity index (χ2n) is 3.89. The van der Waals surface area contributed by atoms with E-state index >= 15 is 0 Å². The van der Waals surface area contributed by atoms with E-state index in [0.29, 0.717) is 19.0 Å². The van der Waals surface area contributed by atoms with E-state index in [0.717, 1.165) is 25.9 Å². The highest BCUT2D eigenvalue weighted by atomic mass is 35.5. The third kappa shape index (κ3) is 2.38. The summed E-state index contributed by atoms with van der Waals surface area (Å²) in [5.74, 6) is 0.124. The van der Waals surface area contributed by atoms with Gasteiger partial charge in [-0.2, -0.15) is 0 Å². The van der Waals surface area contributed by atoms with Crippen molar-refractivity contribution in [2.75, 3.05) is 19.6 Å². The summed E-state index contributed by atoms with van der Waals surface area (Å²) in [4.78, 5) is 13.3. The molecule has 82 valence electrons. The van der Waals surface area contributed by atoms with Gasteiger partial charge in [0.05, 0.1) is 12.5 Å². The summed E-state index contributed by atoms with van der Waals surface area (Å²) in [7, 11) is 0. The van der Waals surface area contributed by atoms with Crippen molar-refractivity contribution < 1.29 is 9.90 Å². The van der Waals surface area contributed by atoms with E-state index in [1.165, 1.54) is 0 Å². The van der Waals surface area contributed by atoms with Gasteiger partial charge in [0.15, 0.2) is 0 Å². The number of nitrogens with one attached hydrogen (secondary N) is 1. The fourth-order valence-corrected chi connectivity index (χ4v) is 2.18. The molecule has 2 saturated heterocycles.